The molecule has 1 aromatic heterocycles. The molecule has 0 radical (unpaired) electrons. The molecule has 2 N–H and O–H groups in total. The van der Waals surface area contributed by atoms with Crippen molar-refractivity contribution in [2.75, 3.05) is 13.2 Å². The van der Waals surface area contributed by atoms with Crippen molar-refractivity contribution in [3.05, 3.63) is 59.4 Å². The molecular weight excluding hydrogens is 409 g/mol. The summed E-state index contributed by atoms with van der Waals surface area (Å²) in [5, 5.41) is 3.14. The first-order valence-corrected chi connectivity index (χ1v) is 9.75. The Morgan fingerprint density at radius 3 is 2.63 bits per heavy atom. The van der Waals surface area contributed by atoms with Crippen LogP contribution in [-0.2, 0) is 4.74 Å². The van der Waals surface area contributed by atoms with Crippen LogP contribution < -0.4 is 10.1 Å². The fraction of sp³-hybridized carbons (Fsp3) is 0.273. The zero-order valence-electron chi connectivity index (χ0n) is 17.0. The van der Waals surface area contributed by atoms with Gasteiger partial charge in [-0.2, -0.15) is 0 Å². The van der Waals surface area contributed by atoms with E-state index in [2.05, 4.69) is 15.3 Å². The Hall–Kier alpha value is -3.06. The van der Waals surface area contributed by atoms with E-state index in [1.807, 2.05) is 24.3 Å². The second-order valence-electron chi connectivity index (χ2n) is 7.68. The maximum atomic E-state index is 13.1. The SMILES string of the molecule is CC(C)(C)OC(=O)NC/C(=C\F)COc1ccc(-c2nc3ccc(Cl)cc3[nH]2)cc1. The minimum Gasteiger partial charge on any atom is -0.489 e. The van der Waals surface area contributed by atoms with Crippen LogP contribution >= 0.6 is 11.6 Å². The number of carbonyl (C=O) groups excluding carboxylic acids is 1. The van der Waals surface area contributed by atoms with Gasteiger partial charge in [-0.15, -0.1) is 0 Å². The monoisotopic (exact) mass is 431 g/mol. The van der Waals surface area contributed by atoms with E-state index >= 15 is 0 Å². The lowest BCUT2D eigenvalue weighted by atomic mass is 10.2. The molecule has 0 fully saturated rings. The number of hydrogen-bond acceptors (Lipinski definition) is 4. The number of H-pyrrole nitrogens is 1. The number of amides is 1. The van der Waals surface area contributed by atoms with Gasteiger partial charge in [0.05, 0.1) is 17.4 Å². The summed E-state index contributed by atoms with van der Waals surface area (Å²) in [6.07, 6.45) is -0.191. The van der Waals surface area contributed by atoms with E-state index in [4.69, 9.17) is 21.1 Å². The Kier molecular flexibility index (Phi) is 6.62. The molecular formula is C22H23ClFN3O3. The predicted octanol–water partition coefficient (Wildman–Crippen LogP) is 5.64. The van der Waals surface area contributed by atoms with E-state index in [1.54, 1.807) is 39.0 Å². The number of benzene rings is 2. The molecule has 1 heterocycles. The zero-order valence-corrected chi connectivity index (χ0v) is 17.7. The second kappa shape index (κ2) is 9.17. The van der Waals surface area contributed by atoms with E-state index in [-0.39, 0.29) is 18.7 Å². The van der Waals surface area contributed by atoms with Crippen molar-refractivity contribution in [1.82, 2.24) is 15.3 Å². The molecule has 3 aromatic rings. The van der Waals surface area contributed by atoms with E-state index in [9.17, 15) is 9.18 Å². The Labute approximate surface area is 179 Å². The molecule has 1 amide bonds. The Bertz CT molecular complexity index is 1060. The Morgan fingerprint density at radius 1 is 1.23 bits per heavy atom. The van der Waals surface area contributed by atoms with E-state index in [0.29, 0.717) is 22.9 Å². The van der Waals surface area contributed by atoms with Gasteiger partial charge in [-0.1, -0.05) is 11.6 Å². The fourth-order valence-electron chi connectivity index (χ4n) is 2.62. The second-order valence-corrected chi connectivity index (χ2v) is 8.12. The van der Waals surface area contributed by atoms with Crippen LogP contribution in [0.25, 0.3) is 22.4 Å². The Balaban J connectivity index is 1.56. The van der Waals surface area contributed by atoms with Crippen LogP contribution in [0, 0.1) is 0 Å². The molecule has 0 spiro atoms. The Morgan fingerprint density at radius 2 is 1.97 bits per heavy atom. The minimum atomic E-state index is -0.617. The van der Waals surface area contributed by atoms with Gasteiger partial charge in [0.15, 0.2) is 0 Å². The van der Waals surface area contributed by atoms with Crippen molar-refractivity contribution in [1.29, 1.82) is 0 Å². The normalized spacial score (nSPS) is 12.1. The number of nitrogens with zero attached hydrogens (tertiary/aromatic N) is 1. The predicted molar refractivity (Wildman–Crippen MR) is 115 cm³/mol. The van der Waals surface area contributed by atoms with E-state index in [1.165, 1.54) is 0 Å². The van der Waals surface area contributed by atoms with Gasteiger partial charge in [0.1, 0.15) is 23.8 Å². The van der Waals surface area contributed by atoms with Crippen molar-refractivity contribution in [3.63, 3.8) is 0 Å². The maximum Gasteiger partial charge on any atom is 0.407 e. The van der Waals surface area contributed by atoms with Crippen LogP contribution in [0.3, 0.4) is 0 Å². The summed E-state index contributed by atoms with van der Waals surface area (Å²) >= 11 is 6.01. The summed E-state index contributed by atoms with van der Waals surface area (Å²) < 4.78 is 23.8. The number of imidazole rings is 1. The molecule has 0 aliphatic rings. The topological polar surface area (TPSA) is 76.2 Å². The zero-order chi connectivity index (χ0) is 21.7. The largest absolute Gasteiger partial charge is 0.489 e. The number of rotatable bonds is 6. The average Bonchev–Trinajstić information content (AvgIpc) is 3.10. The van der Waals surface area contributed by atoms with Crippen molar-refractivity contribution >= 4 is 28.7 Å². The molecule has 0 bridgehead atoms. The van der Waals surface area contributed by atoms with Crippen molar-refractivity contribution in [3.8, 4) is 17.1 Å². The quantitative estimate of drug-likeness (QED) is 0.529. The summed E-state index contributed by atoms with van der Waals surface area (Å²) in [5.41, 5.74) is 2.22. The maximum absolute atomic E-state index is 13.1. The molecule has 2 aromatic carbocycles. The van der Waals surface area contributed by atoms with Crippen LogP contribution in [0.2, 0.25) is 5.02 Å². The summed E-state index contributed by atoms with van der Waals surface area (Å²) in [7, 11) is 0. The van der Waals surface area contributed by atoms with E-state index < -0.39 is 11.7 Å². The molecule has 0 saturated heterocycles. The van der Waals surface area contributed by atoms with Gasteiger partial charge in [-0.05, 0) is 63.2 Å². The van der Waals surface area contributed by atoms with Crippen molar-refractivity contribution in [2.45, 2.75) is 26.4 Å². The van der Waals surface area contributed by atoms with Crippen molar-refractivity contribution in [2.24, 2.45) is 0 Å². The summed E-state index contributed by atoms with van der Waals surface area (Å²) in [5.74, 6) is 1.28. The molecule has 6 nitrogen and oxygen atoms in total. The number of alkyl carbamates (subject to hydrolysis) is 1. The number of halogens is 2. The molecule has 0 unspecified atom stereocenters. The van der Waals surface area contributed by atoms with Gasteiger partial charge in [-0.25, -0.2) is 14.2 Å². The van der Waals surface area contributed by atoms with Gasteiger partial charge in [-0.3, -0.25) is 0 Å². The molecule has 0 aliphatic heterocycles. The van der Waals surface area contributed by atoms with Crippen molar-refractivity contribution < 1.29 is 18.7 Å². The number of ether oxygens (including phenoxy) is 2. The number of nitrogens with one attached hydrogen (secondary N) is 2. The molecule has 0 atom stereocenters. The molecule has 8 heteroatoms. The highest BCUT2D eigenvalue weighted by atomic mass is 35.5. The highest BCUT2D eigenvalue weighted by Crippen LogP contribution is 2.24. The third kappa shape index (κ3) is 5.97. The highest BCUT2D eigenvalue weighted by molar-refractivity contribution is 6.31. The standard InChI is InChI=1S/C22H23ClFN3O3/c1-22(2,3)30-21(28)25-12-14(11-24)13-29-17-7-4-15(5-8-17)20-26-18-9-6-16(23)10-19(18)27-20/h4-11H,12-13H2,1-3H3,(H,25,28)(H,26,27)/b14-11+. The van der Waals surface area contributed by atoms with Gasteiger partial charge in [0.2, 0.25) is 0 Å². The van der Waals surface area contributed by atoms with E-state index in [0.717, 1.165) is 16.6 Å². The van der Waals surface area contributed by atoms with Gasteiger partial charge < -0.3 is 19.8 Å². The fourth-order valence-corrected chi connectivity index (χ4v) is 2.80. The summed E-state index contributed by atoms with van der Waals surface area (Å²) in [6, 6.07) is 12.7. The molecule has 158 valence electrons. The van der Waals surface area contributed by atoms with Crippen LogP contribution in [0.4, 0.5) is 9.18 Å². The number of aromatic amines is 1. The number of fused-ring (bicyclic) bond motifs is 1. The first-order valence-electron chi connectivity index (χ1n) is 9.37. The van der Waals surface area contributed by atoms with Crippen LogP contribution in [0.5, 0.6) is 5.75 Å². The summed E-state index contributed by atoms with van der Waals surface area (Å²) in [6.45, 7) is 5.25. The lowest BCUT2D eigenvalue weighted by molar-refractivity contribution is 0.0531. The first-order chi connectivity index (χ1) is 14.2. The van der Waals surface area contributed by atoms with Gasteiger partial charge in [0.25, 0.3) is 0 Å². The lowest BCUT2D eigenvalue weighted by Crippen LogP contribution is -2.34. The molecule has 0 aliphatic carbocycles. The lowest BCUT2D eigenvalue weighted by Gasteiger charge is -2.20. The number of aromatic nitrogens is 2. The summed E-state index contributed by atoms with van der Waals surface area (Å²) in [4.78, 5) is 19.4. The third-order valence-corrected chi connectivity index (χ3v) is 4.24. The molecule has 0 saturated carbocycles. The highest BCUT2D eigenvalue weighted by Gasteiger charge is 2.16. The molecule has 30 heavy (non-hydrogen) atoms. The van der Waals surface area contributed by atoms with Gasteiger partial charge in [0, 0.05) is 22.7 Å². The number of carbonyl (C=O) groups is 1. The van der Waals surface area contributed by atoms with Crippen LogP contribution in [-0.4, -0.2) is 34.8 Å². The smallest absolute Gasteiger partial charge is 0.407 e. The van der Waals surface area contributed by atoms with Crippen LogP contribution in [0.15, 0.2) is 54.4 Å². The number of hydrogen-bond donors (Lipinski definition) is 2. The average molecular weight is 432 g/mol. The minimum absolute atomic E-state index is 0.00518. The molecule has 3 rings (SSSR count). The first kappa shape index (κ1) is 21.6. The van der Waals surface area contributed by atoms with Gasteiger partial charge >= 0.3 is 6.09 Å². The van der Waals surface area contributed by atoms with Crippen LogP contribution in [0.1, 0.15) is 20.8 Å². The third-order valence-electron chi connectivity index (χ3n) is 4.01.